The van der Waals surface area contributed by atoms with Gasteiger partial charge >= 0.3 is 0 Å². The zero-order valence-corrected chi connectivity index (χ0v) is 18.3. The zero-order chi connectivity index (χ0) is 22.1. The molecule has 6 nitrogen and oxygen atoms in total. The van der Waals surface area contributed by atoms with Gasteiger partial charge in [-0.15, -0.1) is 0 Å². The molecule has 0 radical (unpaired) electrons. The number of aliphatic hydroxyl groups is 1. The van der Waals surface area contributed by atoms with Gasteiger partial charge in [-0.25, -0.2) is 0 Å². The Labute approximate surface area is 184 Å². The minimum Gasteiger partial charge on any atom is -0.491 e. The van der Waals surface area contributed by atoms with Crippen LogP contribution in [0.1, 0.15) is 37.5 Å². The van der Waals surface area contributed by atoms with Crippen molar-refractivity contribution in [2.24, 2.45) is 0 Å². The number of ether oxygens (including phenoxy) is 2. The maximum absolute atomic E-state index is 12.3. The standard InChI is InChI=1S/C25H32N2O4/c1-19(2)31-23-5-3-4-20(18-23)6-11-25(29)26-22-9-7-21(8-10-22)24(28)12-13-27-14-16-30-17-15-27/h3-11,18-19,24,28H,12-17H2,1-2H3,(H,26,29)/b11-6+. The average Bonchev–Trinajstić information content (AvgIpc) is 2.77. The Morgan fingerprint density at radius 3 is 2.65 bits per heavy atom. The normalized spacial score (nSPS) is 15.9. The molecule has 6 heteroatoms. The van der Waals surface area contributed by atoms with Crippen LogP contribution in [-0.4, -0.2) is 54.9 Å². The van der Waals surface area contributed by atoms with Crippen LogP contribution in [0, 0.1) is 0 Å². The predicted molar refractivity (Wildman–Crippen MR) is 123 cm³/mol. The molecule has 166 valence electrons. The van der Waals surface area contributed by atoms with Gasteiger partial charge in [0.05, 0.1) is 25.4 Å². The van der Waals surface area contributed by atoms with Gasteiger partial charge in [-0.2, -0.15) is 0 Å². The largest absolute Gasteiger partial charge is 0.491 e. The van der Waals surface area contributed by atoms with E-state index in [9.17, 15) is 9.90 Å². The third kappa shape index (κ3) is 7.83. The van der Waals surface area contributed by atoms with Crippen molar-refractivity contribution in [2.45, 2.75) is 32.5 Å². The van der Waals surface area contributed by atoms with E-state index in [4.69, 9.17) is 9.47 Å². The van der Waals surface area contributed by atoms with Crippen molar-refractivity contribution in [3.8, 4) is 5.75 Å². The summed E-state index contributed by atoms with van der Waals surface area (Å²) in [6.45, 7) is 8.15. The number of rotatable bonds is 9. The quantitative estimate of drug-likeness (QED) is 0.598. The molecule has 1 amide bonds. The van der Waals surface area contributed by atoms with Gasteiger partial charge < -0.3 is 19.9 Å². The molecule has 1 aliphatic rings. The first-order chi connectivity index (χ1) is 15.0. The topological polar surface area (TPSA) is 71.0 Å². The summed E-state index contributed by atoms with van der Waals surface area (Å²) in [5.74, 6) is 0.566. The van der Waals surface area contributed by atoms with Gasteiger partial charge in [0.1, 0.15) is 5.75 Å². The third-order valence-electron chi connectivity index (χ3n) is 5.04. The summed E-state index contributed by atoms with van der Waals surface area (Å²) in [6.07, 6.45) is 3.51. The Hall–Kier alpha value is -2.67. The number of hydrogen-bond donors (Lipinski definition) is 2. The molecule has 1 heterocycles. The van der Waals surface area contributed by atoms with E-state index in [0.29, 0.717) is 12.1 Å². The van der Waals surface area contributed by atoms with Crippen molar-refractivity contribution in [3.63, 3.8) is 0 Å². The minimum absolute atomic E-state index is 0.100. The third-order valence-corrected chi connectivity index (χ3v) is 5.04. The van der Waals surface area contributed by atoms with Crippen LogP contribution in [0.4, 0.5) is 5.69 Å². The van der Waals surface area contributed by atoms with Crippen LogP contribution in [0.3, 0.4) is 0 Å². The first kappa shape index (κ1) is 23.0. The van der Waals surface area contributed by atoms with Crippen molar-refractivity contribution >= 4 is 17.7 Å². The van der Waals surface area contributed by atoms with E-state index in [1.54, 1.807) is 6.08 Å². The molecule has 1 aliphatic heterocycles. The molecule has 31 heavy (non-hydrogen) atoms. The van der Waals surface area contributed by atoms with Crippen molar-refractivity contribution < 1.29 is 19.4 Å². The number of hydrogen-bond acceptors (Lipinski definition) is 5. The molecule has 0 bridgehead atoms. The molecule has 0 aromatic heterocycles. The summed E-state index contributed by atoms with van der Waals surface area (Å²) in [4.78, 5) is 14.6. The lowest BCUT2D eigenvalue weighted by Gasteiger charge is -2.27. The smallest absolute Gasteiger partial charge is 0.248 e. The highest BCUT2D eigenvalue weighted by molar-refractivity contribution is 6.01. The van der Waals surface area contributed by atoms with Gasteiger partial charge in [0.25, 0.3) is 0 Å². The number of carbonyl (C=O) groups excluding carboxylic acids is 1. The zero-order valence-electron chi connectivity index (χ0n) is 18.3. The first-order valence-electron chi connectivity index (χ1n) is 10.8. The van der Waals surface area contributed by atoms with Crippen molar-refractivity contribution in [1.29, 1.82) is 0 Å². The van der Waals surface area contributed by atoms with Crippen molar-refractivity contribution in [2.75, 3.05) is 38.2 Å². The van der Waals surface area contributed by atoms with Crippen LogP contribution in [0.25, 0.3) is 6.08 Å². The number of nitrogens with one attached hydrogen (secondary N) is 1. The van der Waals surface area contributed by atoms with Crippen LogP contribution in [0.5, 0.6) is 5.75 Å². The fourth-order valence-corrected chi connectivity index (χ4v) is 3.40. The highest BCUT2D eigenvalue weighted by Gasteiger charge is 2.13. The monoisotopic (exact) mass is 424 g/mol. The Bertz CT molecular complexity index is 858. The number of benzene rings is 2. The fraction of sp³-hybridized carbons (Fsp3) is 0.400. The Morgan fingerprint density at radius 1 is 1.19 bits per heavy atom. The summed E-state index contributed by atoms with van der Waals surface area (Å²) in [5, 5.41) is 13.3. The fourth-order valence-electron chi connectivity index (χ4n) is 3.40. The maximum atomic E-state index is 12.3. The predicted octanol–water partition coefficient (Wildman–Crippen LogP) is 3.88. The number of aliphatic hydroxyl groups excluding tert-OH is 1. The van der Waals surface area contributed by atoms with Gasteiger partial charge in [0.15, 0.2) is 0 Å². The summed E-state index contributed by atoms with van der Waals surface area (Å²) in [7, 11) is 0. The van der Waals surface area contributed by atoms with Crippen LogP contribution in [0.15, 0.2) is 54.6 Å². The molecule has 1 saturated heterocycles. The molecular weight excluding hydrogens is 392 g/mol. The number of nitrogens with zero attached hydrogens (tertiary/aromatic N) is 1. The van der Waals surface area contributed by atoms with Gasteiger partial charge in [0, 0.05) is 31.4 Å². The number of anilines is 1. The lowest BCUT2D eigenvalue weighted by atomic mass is 10.1. The summed E-state index contributed by atoms with van der Waals surface area (Å²) in [5.41, 5.74) is 2.44. The Kier molecular flexibility index (Phi) is 8.64. The molecule has 1 atom stereocenters. The second-order valence-electron chi connectivity index (χ2n) is 7.94. The summed E-state index contributed by atoms with van der Waals surface area (Å²) in [6, 6.07) is 15.0. The number of morpholine rings is 1. The van der Waals surface area contributed by atoms with E-state index in [-0.39, 0.29) is 12.0 Å². The molecule has 0 saturated carbocycles. The number of amides is 1. The molecular formula is C25H32N2O4. The Balaban J connectivity index is 1.48. The van der Waals surface area contributed by atoms with Gasteiger partial charge in [0.2, 0.25) is 5.91 Å². The first-order valence-corrected chi connectivity index (χ1v) is 10.8. The van der Waals surface area contributed by atoms with E-state index >= 15 is 0 Å². The number of carbonyl (C=O) groups is 1. The lowest BCUT2D eigenvalue weighted by Crippen LogP contribution is -2.37. The van der Waals surface area contributed by atoms with Crippen molar-refractivity contribution in [3.05, 3.63) is 65.7 Å². The van der Waals surface area contributed by atoms with E-state index in [1.165, 1.54) is 6.08 Å². The highest BCUT2D eigenvalue weighted by atomic mass is 16.5. The minimum atomic E-state index is -0.521. The van der Waals surface area contributed by atoms with E-state index < -0.39 is 6.10 Å². The molecule has 3 rings (SSSR count). The summed E-state index contributed by atoms with van der Waals surface area (Å²) < 4.78 is 11.0. The van der Waals surface area contributed by atoms with Crippen LogP contribution < -0.4 is 10.1 Å². The molecule has 2 aromatic carbocycles. The highest BCUT2D eigenvalue weighted by Crippen LogP contribution is 2.20. The van der Waals surface area contributed by atoms with Crippen molar-refractivity contribution in [1.82, 2.24) is 4.90 Å². The van der Waals surface area contributed by atoms with E-state index in [1.807, 2.05) is 62.4 Å². The van der Waals surface area contributed by atoms with Gasteiger partial charge in [-0.05, 0) is 61.7 Å². The van der Waals surface area contributed by atoms with E-state index in [2.05, 4.69) is 10.2 Å². The van der Waals surface area contributed by atoms with Crippen LogP contribution in [-0.2, 0) is 9.53 Å². The maximum Gasteiger partial charge on any atom is 0.248 e. The second-order valence-corrected chi connectivity index (χ2v) is 7.94. The van der Waals surface area contributed by atoms with Crippen LogP contribution in [0.2, 0.25) is 0 Å². The van der Waals surface area contributed by atoms with Gasteiger partial charge in [-0.1, -0.05) is 24.3 Å². The molecule has 2 N–H and O–H groups in total. The molecule has 0 spiro atoms. The van der Waals surface area contributed by atoms with E-state index in [0.717, 1.165) is 49.7 Å². The van der Waals surface area contributed by atoms with Crippen LogP contribution >= 0.6 is 0 Å². The SMILES string of the molecule is CC(C)Oc1cccc(/C=C/C(=O)Nc2ccc(C(O)CCN3CCOCC3)cc2)c1. The molecule has 1 fully saturated rings. The average molecular weight is 425 g/mol. The lowest BCUT2D eigenvalue weighted by molar-refractivity contribution is -0.111. The molecule has 0 aliphatic carbocycles. The second kappa shape index (κ2) is 11.6. The summed E-state index contributed by atoms with van der Waals surface area (Å²) >= 11 is 0. The molecule has 1 unspecified atom stereocenters. The van der Waals surface area contributed by atoms with Gasteiger partial charge in [-0.3, -0.25) is 9.69 Å². The Morgan fingerprint density at radius 2 is 1.94 bits per heavy atom. The molecule has 2 aromatic rings.